The van der Waals surface area contributed by atoms with Gasteiger partial charge in [0.25, 0.3) is 0 Å². The lowest BCUT2D eigenvalue weighted by Gasteiger charge is -2.36. The van der Waals surface area contributed by atoms with Gasteiger partial charge in [-0.05, 0) is 56.3 Å². The fourth-order valence-electron chi connectivity index (χ4n) is 3.39. The lowest BCUT2D eigenvalue weighted by Crippen LogP contribution is -2.47. The zero-order chi connectivity index (χ0) is 20.7. The van der Waals surface area contributed by atoms with Crippen molar-refractivity contribution in [3.05, 3.63) is 54.3 Å². The highest BCUT2D eigenvalue weighted by Crippen LogP contribution is 2.20. The van der Waals surface area contributed by atoms with Crippen molar-refractivity contribution < 1.29 is 17.5 Å². The van der Waals surface area contributed by atoms with E-state index in [2.05, 4.69) is 14.5 Å². The van der Waals surface area contributed by atoms with Crippen molar-refractivity contribution in [2.75, 3.05) is 50.8 Å². The molecule has 0 atom stereocenters. The fourth-order valence-corrected chi connectivity index (χ4v) is 4.47. The number of ether oxygens (including phenoxy) is 1. The molecule has 1 fully saturated rings. The average molecular weight is 422 g/mol. The van der Waals surface area contributed by atoms with Gasteiger partial charge in [0.15, 0.2) is 0 Å². The number of hydrogen-bond donors (Lipinski definition) is 1. The summed E-state index contributed by atoms with van der Waals surface area (Å²) in [5.74, 6) is 0.464. The Labute approximate surface area is 172 Å². The monoisotopic (exact) mass is 421 g/mol. The second-order valence-electron chi connectivity index (χ2n) is 6.94. The first-order valence-electron chi connectivity index (χ1n) is 9.94. The quantitative estimate of drug-likeness (QED) is 0.631. The lowest BCUT2D eigenvalue weighted by atomic mass is 10.2. The van der Waals surface area contributed by atoms with Gasteiger partial charge in [-0.15, -0.1) is 0 Å². The molecule has 3 rings (SSSR count). The van der Waals surface area contributed by atoms with Crippen LogP contribution in [-0.2, 0) is 10.0 Å². The summed E-state index contributed by atoms with van der Waals surface area (Å²) in [5, 5.41) is 0. The molecule has 6 nitrogen and oxygen atoms in total. The number of sulfonamides is 1. The van der Waals surface area contributed by atoms with Gasteiger partial charge in [0.2, 0.25) is 10.0 Å². The first-order valence-corrected chi connectivity index (χ1v) is 11.4. The topological polar surface area (TPSA) is 61.9 Å². The molecule has 2 aromatic rings. The number of rotatable bonds is 9. The number of hydrogen-bond acceptors (Lipinski definition) is 5. The van der Waals surface area contributed by atoms with Gasteiger partial charge < -0.3 is 9.64 Å². The third kappa shape index (κ3) is 5.91. The molecular formula is C21H28FN3O3S. The molecule has 0 radical (unpaired) electrons. The Balaban J connectivity index is 1.40. The Morgan fingerprint density at radius 3 is 2.38 bits per heavy atom. The Morgan fingerprint density at radius 2 is 1.72 bits per heavy atom. The van der Waals surface area contributed by atoms with E-state index < -0.39 is 10.0 Å². The summed E-state index contributed by atoms with van der Waals surface area (Å²) in [4.78, 5) is 4.57. The molecule has 158 valence electrons. The van der Waals surface area contributed by atoms with Gasteiger partial charge in [-0.1, -0.05) is 12.1 Å². The SMILES string of the molecule is CCOc1ccc(S(=O)(=O)NCCCN2CCN(c3ccccc3F)CC2)cc1. The molecule has 1 N–H and O–H groups in total. The van der Waals surface area contributed by atoms with Crippen LogP contribution in [0.5, 0.6) is 5.75 Å². The van der Waals surface area contributed by atoms with Gasteiger partial charge in [-0.3, -0.25) is 4.90 Å². The van der Waals surface area contributed by atoms with E-state index in [-0.39, 0.29) is 10.7 Å². The minimum absolute atomic E-state index is 0.190. The fraction of sp³-hybridized carbons (Fsp3) is 0.429. The zero-order valence-corrected chi connectivity index (χ0v) is 17.5. The van der Waals surface area contributed by atoms with Crippen LogP contribution in [0.2, 0.25) is 0 Å². The van der Waals surface area contributed by atoms with Crippen molar-refractivity contribution >= 4 is 15.7 Å². The van der Waals surface area contributed by atoms with Crippen LogP contribution in [0.3, 0.4) is 0 Å². The van der Waals surface area contributed by atoms with Crippen LogP contribution < -0.4 is 14.4 Å². The second-order valence-corrected chi connectivity index (χ2v) is 8.70. The Kier molecular flexibility index (Phi) is 7.46. The number of nitrogens with one attached hydrogen (secondary N) is 1. The van der Waals surface area contributed by atoms with E-state index in [1.165, 1.54) is 6.07 Å². The number of para-hydroxylation sites is 1. The van der Waals surface area contributed by atoms with Gasteiger partial charge in [0.1, 0.15) is 11.6 Å². The van der Waals surface area contributed by atoms with Crippen molar-refractivity contribution in [3.8, 4) is 5.75 Å². The molecule has 0 aromatic heterocycles. The third-order valence-corrected chi connectivity index (χ3v) is 6.43. The summed E-state index contributed by atoms with van der Waals surface area (Å²) in [6.45, 7) is 6.79. The van der Waals surface area contributed by atoms with Crippen LogP contribution >= 0.6 is 0 Å². The van der Waals surface area contributed by atoms with E-state index in [4.69, 9.17) is 4.74 Å². The van der Waals surface area contributed by atoms with Crippen LogP contribution in [0.15, 0.2) is 53.4 Å². The Morgan fingerprint density at radius 1 is 1.03 bits per heavy atom. The number of halogens is 1. The van der Waals surface area contributed by atoms with Crippen LogP contribution in [0.4, 0.5) is 10.1 Å². The van der Waals surface area contributed by atoms with Crippen LogP contribution in [0.25, 0.3) is 0 Å². The van der Waals surface area contributed by atoms with E-state index in [0.717, 1.165) is 39.1 Å². The van der Waals surface area contributed by atoms with E-state index in [9.17, 15) is 12.8 Å². The molecule has 8 heteroatoms. The number of benzene rings is 2. The molecule has 1 aliphatic rings. The maximum absolute atomic E-state index is 13.9. The van der Waals surface area contributed by atoms with E-state index >= 15 is 0 Å². The predicted octanol–water partition coefficient (Wildman–Crippen LogP) is 2.72. The molecule has 0 bridgehead atoms. The van der Waals surface area contributed by atoms with Crippen molar-refractivity contribution in [1.29, 1.82) is 0 Å². The maximum atomic E-state index is 13.9. The molecule has 0 spiro atoms. The summed E-state index contributed by atoms with van der Waals surface area (Å²) >= 11 is 0. The molecule has 1 heterocycles. The molecule has 0 saturated carbocycles. The van der Waals surface area contributed by atoms with Gasteiger partial charge in [0.05, 0.1) is 17.2 Å². The lowest BCUT2D eigenvalue weighted by molar-refractivity contribution is 0.255. The third-order valence-electron chi connectivity index (χ3n) is 4.95. The van der Waals surface area contributed by atoms with Crippen LogP contribution in [0, 0.1) is 5.82 Å². The molecule has 0 unspecified atom stereocenters. The molecule has 0 aliphatic carbocycles. The maximum Gasteiger partial charge on any atom is 0.240 e. The van der Waals surface area contributed by atoms with Gasteiger partial charge in [-0.25, -0.2) is 17.5 Å². The summed E-state index contributed by atoms with van der Waals surface area (Å²) in [6, 6.07) is 13.3. The standard InChI is InChI=1S/C21H28FN3O3S/c1-2-28-18-8-10-19(11-9-18)29(26,27)23-12-5-13-24-14-16-25(17-15-24)21-7-4-3-6-20(21)22/h3-4,6-11,23H,2,5,12-17H2,1H3. The predicted molar refractivity (Wildman–Crippen MR) is 112 cm³/mol. The van der Waals surface area contributed by atoms with Crippen molar-refractivity contribution in [2.45, 2.75) is 18.2 Å². The molecule has 0 amide bonds. The molecule has 2 aromatic carbocycles. The van der Waals surface area contributed by atoms with Crippen LogP contribution in [0.1, 0.15) is 13.3 Å². The smallest absolute Gasteiger partial charge is 0.240 e. The first kappa shape index (κ1) is 21.5. The minimum atomic E-state index is -3.52. The number of piperazine rings is 1. The average Bonchev–Trinajstić information content (AvgIpc) is 2.73. The zero-order valence-electron chi connectivity index (χ0n) is 16.7. The summed E-state index contributed by atoms with van der Waals surface area (Å²) < 4.78 is 46.6. The van der Waals surface area contributed by atoms with Crippen molar-refractivity contribution in [2.24, 2.45) is 0 Å². The van der Waals surface area contributed by atoms with Gasteiger partial charge in [0, 0.05) is 32.7 Å². The van der Waals surface area contributed by atoms with Crippen LogP contribution in [-0.4, -0.2) is 59.2 Å². The number of nitrogens with zero attached hydrogens (tertiary/aromatic N) is 2. The first-order chi connectivity index (χ1) is 14.0. The highest BCUT2D eigenvalue weighted by atomic mass is 32.2. The van der Waals surface area contributed by atoms with E-state index in [1.807, 2.05) is 13.0 Å². The highest BCUT2D eigenvalue weighted by Gasteiger charge is 2.19. The molecule has 1 saturated heterocycles. The molecule has 1 aliphatic heterocycles. The van der Waals surface area contributed by atoms with E-state index in [0.29, 0.717) is 24.6 Å². The summed E-state index contributed by atoms with van der Waals surface area (Å²) in [5.41, 5.74) is 0.648. The highest BCUT2D eigenvalue weighted by molar-refractivity contribution is 7.89. The minimum Gasteiger partial charge on any atom is -0.494 e. The van der Waals surface area contributed by atoms with Gasteiger partial charge >= 0.3 is 0 Å². The summed E-state index contributed by atoms with van der Waals surface area (Å²) in [6.07, 6.45) is 0.718. The largest absolute Gasteiger partial charge is 0.494 e. The second kappa shape index (κ2) is 10.0. The Bertz CT molecular complexity index is 882. The molecular weight excluding hydrogens is 393 g/mol. The Hall–Kier alpha value is -2.16. The normalized spacial score (nSPS) is 15.4. The summed E-state index contributed by atoms with van der Waals surface area (Å²) in [7, 11) is -3.52. The van der Waals surface area contributed by atoms with Gasteiger partial charge in [-0.2, -0.15) is 0 Å². The number of anilines is 1. The van der Waals surface area contributed by atoms with Crippen molar-refractivity contribution in [1.82, 2.24) is 9.62 Å². The van der Waals surface area contributed by atoms with E-state index in [1.54, 1.807) is 36.4 Å². The van der Waals surface area contributed by atoms with Crippen molar-refractivity contribution in [3.63, 3.8) is 0 Å². The molecule has 29 heavy (non-hydrogen) atoms.